The average molecular weight is 355 g/mol. The number of ether oxygens (including phenoxy) is 1. The lowest BCUT2D eigenvalue weighted by Crippen LogP contribution is -2.34. The molecule has 0 aromatic heterocycles. The fourth-order valence-corrected chi connectivity index (χ4v) is 1.98. The highest BCUT2D eigenvalue weighted by atomic mass is 17.1. The topological polar surface area (TPSA) is 170 Å². The molecule has 1 atom stereocenters. The van der Waals surface area contributed by atoms with Crippen LogP contribution in [0.2, 0.25) is 0 Å². The van der Waals surface area contributed by atoms with Crippen molar-refractivity contribution in [3.8, 4) is 5.75 Å². The number of rotatable bonds is 11. The van der Waals surface area contributed by atoms with E-state index in [2.05, 4.69) is 9.83 Å². The van der Waals surface area contributed by atoms with Crippen molar-refractivity contribution in [1.29, 1.82) is 0 Å². The third-order valence-corrected chi connectivity index (χ3v) is 3.23. The molecule has 1 rings (SSSR count). The largest absolute Gasteiger partial charge is 0.425 e. The molecule has 0 saturated heterocycles. The number of aliphatic imine (C=N–C) groups is 1. The molecule has 0 heterocycles. The summed E-state index contributed by atoms with van der Waals surface area (Å²) in [6.45, 7) is 0.574. The van der Waals surface area contributed by atoms with Crippen LogP contribution in [0, 0.1) is 0 Å². The minimum atomic E-state index is -0.745. The van der Waals surface area contributed by atoms with Gasteiger partial charge < -0.3 is 21.9 Å². The molecule has 140 valence electrons. The molecule has 25 heavy (non-hydrogen) atoms. The lowest BCUT2D eigenvalue weighted by Gasteiger charge is -2.11. The Morgan fingerprint density at radius 1 is 1.20 bits per heavy atom. The molecule has 0 spiro atoms. The van der Waals surface area contributed by atoms with Crippen LogP contribution >= 0.6 is 0 Å². The highest BCUT2D eigenvalue weighted by Gasteiger charge is 2.15. The van der Waals surface area contributed by atoms with E-state index in [0.717, 1.165) is 5.56 Å². The number of nitrogens with two attached hydrogens (primary N) is 3. The quantitative estimate of drug-likeness (QED) is 0.0909. The van der Waals surface area contributed by atoms with E-state index >= 15 is 0 Å². The van der Waals surface area contributed by atoms with Crippen molar-refractivity contribution < 1.29 is 24.8 Å². The Balaban J connectivity index is 2.33. The maximum Gasteiger partial charge on any atom is 0.328 e. The van der Waals surface area contributed by atoms with Gasteiger partial charge in [0.25, 0.3) is 0 Å². The fourth-order valence-electron chi connectivity index (χ4n) is 1.98. The third kappa shape index (κ3) is 9.59. The number of hydrogen-bond donors (Lipinski definition) is 5. The lowest BCUT2D eigenvalue weighted by atomic mass is 10.1. The van der Waals surface area contributed by atoms with E-state index in [0.29, 0.717) is 38.0 Å². The molecular formula is C15H25N5O5. The van der Waals surface area contributed by atoms with E-state index in [1.54, 1.807) is 12.1 Å². The molecule has 1 aromatic rings. The van der Waals surface area contributed by atoms with Gasteiger partial charge in [0.1, 0.15) is 11.8 Å². The summed E-state index contributed by atoms with van der Waals surface area (Å²) < 4.78 is 5.22. The number of hydrogen-bond acceptors (Lipinski definition) is 8. The Morgan fingerprint density at radius 3 is 2.48 bits per heavy atom. The standard InChI is InChI=1S/C15H25N5O5/c16-13(4-1-9-19-15(17)18)14(21)25-12-7-5-11(6-8-12)3-2-10-24-20(22)23/h5-8,13,22-23H,1-4,9-10,16H2,(H4,17,18,19). The summed E-state index contributed by atoms with van der Waals surface area (Å²) in [6.07, 6.45) is 2.26. The van der Waals surface area contributed by atoms with Crippen LogP contribution in [0.25, 0.3) is 0 Å². The van der Waals surface area contributed by atoms with Crippen LogP contribution < -0.4 is 21.9 Å². The second kappa shape index (κ2) is 11.3. The van der Waals surface area contributed by atoms with Gasteiger partial charge >= 0.3 is 5.97 Å². The first-order chi connectivity index (χ1) is 11.9. The summed E-state index contributed by atoms with van der Waals surface area (Å²) in [6, 6.07) is 6.21. The molecule has 10 nitrogen and oxygen atoms in total. The molecule has 0 amide bonds. The number of nitrogens with zero attached hydrogens (tertiary/aromatic N) is 2. The smallest absolute Gasteiger partial charge is 0.328 e. The van der Waals surface area contributed by atoms with E-state index < -0.39 is 12.0 Å². The Hall–Kier alpha value is -2.24. The predicted molar refractivity (Wildman–Crippen MR) is 89.6 cm³/mol. The fraction of sp³-hybridized carbons (Fsp3) is 0.467. The van der Waals surface area contributed by atoms with E-state index in [9.17, 15) is 4.79 Å². The van der Waals surface area contributed by atoms with Gasteiger partial charge in [-0.05, 0) is 43.4 Å². The molecule has 0 aliphatic rings. The Kier molecular flexibility index (Phi) is 9.43. The van der Waals surface area contributed by atoms with Crippen LogP contribution in [0.5, 0.6) is 5.75 Å². The summed E-state index contributed by atoms with van der Waals surface area (Å²) in [5, 5.41) is 16.5. The number of benzene rings is 1. The molecule has 0 aliphatic heterocycles. The maximum absolute atomic E-state index is 11.9. The number of carbonyl (C=O) groups excluding carboxylic acids is 1. The molecule has 0 bridgehead atoms. The summed E-state index contributed by atoms with van der Waals surface area (Å²) in [5.74, 6) is -0.105. The van der Waals surface area contributed by atoms with Crippen LogP contribution in [0.1, 0.15) is 24.8 Å². The number of carbonyl (C=O) groups is 1. The number of guanidine groups is 1. The second-order valence-electron chi connectivity index (χ2n) is 5.31. The second-order valence-corrected chi connectivity index (χ2v) is 5.31. The molecule has 1 unspecified atom stereocenters. The minimum Gasteiger partial charge on any atom is -0.425 e. The van der Waals surface area contributed by atoms with Crippen molar-refractivity contribution in [3.05, 3.63) is 29.8 Å². The lowest BCUT2D eigenvalue weighted by molar-refractivity contribution is -0.492. The predicted octanol–water partition coefficient (Wildman–Crippen LogP) is -0.0825. The van der Waals surface area contributed by atoms with Gasteiger partial charge in [0.15, 0.2) is 5.96 Å². The average Bonchev–Trinajstić information content (AvgIpc) is 2.56. The number of esters is 1. The Morgan fingerprint density at radius 2 is 1.88 bits per heavy atom. The SMILES string of the molecule is NC(N)=NCCCC(N)C(=O)Oc1ccc(CCCON(O)O)cc1. The molecule has 1 aromatic carbocycles. The zero-order valence-electron chi connectivity index (χ0n) is 13.9. The first-order valence-electron chi connectivity index (χ1n) is 7.81. The van der Waals surface area contributed by atoms with Crippen molar-refractivity contribution >= 4 is 11.9 Å². The van der Waals surface area contributed by atoms with Gasteiger partial charge in [-0.2, -0.15) is 0 Å². The summed E-state index contributed by atoms with van der Waals surface area (Å²) in [5.41, 5.74) is 17.2. The third-order valence-electron chi connectivity index (χ3n) is 3.23. The van der Waals surface area contributed by atoms with Crippen molar-refractivity contribution in [2.45, 2.75) is 31.7 Å². The van der Waals surface area contributed by atoms with Crippen molar-refractivity contribution in [1.82, 2.24) is 5.39 Å². The molecule has 0 fully saturated rings. The van der Waals surface area contributed by atoms with Gasteiger partial charge in [0.2, 0.25) is 0 Å². The minimum absolute atomic E-state index is 0.00727. The van der Waals surface area contributed by atoms with E-state index in [1.807, 2.05) is 12.1 Å². The summed E-state index contributed by atoms with van der Waals surface area (Å²) >= 11 is 0. The van der Waals surface area contributed by atoms with Crippen LogP contribution in [0.15, 0.2) is 29.3 Å². The highest BCUT2D eigenvalue weighted by Crippen LogP contribution is 2.14. The summed E-state index contributed by atoms with van der Waals surface area (Å²) in [7, 11) is 0. The van der Waals surface area contributed by atoms with Gasteiger partial charge in [0, 0.05) is 6.54 Å². The summed E-state index contributed by atoms with van der Waals surface area (Å²) in [4.78, 5) is 20.2. The zero-order valence-corrected chi connectivity index (χ0v) is 13.9. The first kappa shape index (κ1) is 20.8. The van der Waals surface area contributed by atoms with E-state index in [-0.39, 0.29) is 18.0 Å². The van der Waals surface area contributed by atoms with Gasteiger partial charge in [-0.25, -0.2) is 4.79 Å². The van der Waals surface area contributed by atoms with Crippen LogP contribution in [0.4, 0.5) is 0 Å². The molecule has 0 radical (unpaired) electrons. The van der Waals surface area contributed by atoms with E-state index in [1.165, 1.54) is 0 Å². The van der Waals surface area contributed by atoms with Gasteiger partial charge in [-0.15, -0.1) is 0 Å². The maximum atomic E-state index is 11.9. The van der Waals surface area contributed by atoms with Crippen LogP contribution in [-0.4, -0.2) is 46.9 Å². The highest BCUT2D eigenvalue weighted by molar-refractivity contribution is 5.78. The Bertz CT molecular complexity index is 546. The molecule has 0 aliphatic carbocycles. The molecule has 8 N–H and O–H groups in total. The van der Waals surface area contributed by atoms with E-state index in [4.69, 9.17) is 32.4 Å². The number of aryl methyl sites for hydroxylation is 1. The van der Waals surface area contributed by atoms with Crippen LogP contribution in [-0.2, 0) is 16.1 Å². The van der Waals surface area contributed by atoms with Crippen molar-refractivity contribution in [2.75, 3.05) is 13.2 Å². The normalized spacial score (nSPS) is 12.0. The Labute approximate surface area is 145 Å². The molecular weight excluding hydrogens is 330 g/mol. The monoisotopic (exact) mass is 355 g/mol. The van der Waals surface area contributed by atoms with Gasteiger partial charge in [-0.3, -0.25) is 20.2 Å². The first-order valence-corrected chi connectivity index (χ1v) is 7.81. The van der Waals surface area contributed by atoms with Crippen molar-refractivity contribution in [2.24, 2.45) is 22.2 Å². The van der Waals surface area contributed by atoms with Gasteiger partial charge in [0.05, 0.1) is 12.0 Å². The van der Waals surface area contributed by atoms with Gasteiger partial charge in [-0.1, -0.05) is 12.1 Å². The zero-order chi connectivity index (χ0) is 18.7. The molecule has 0 saturated carbocycles. The molecule has 10 heteroatoms. The van der Waals surface area contributed by atoms with Crippen molar-refractivity contribution in [3.63, 3.8) is 0 Å². The van der Waals surface area contributed by atoms with Crippen LogP contribution in [0.3, 0.4) is 0 Å².